The highest BCUT2D eigenvalue weighted by Crippen LogP contribution is 2.29. The van der Waals surface area contributed by atoms with Crippen molar-refractivity contribution in [3.05, 3.63) is 59.4 Å². The molecule has 3 aliphatic rings. The molecule has 0 bridgehead atoms. The largest absolute Gasteiger partial charge is 0.465 e. The molecule has 0 spiro atoms. The fourth-order valence-electron chi connectivity index (χ4n) is 4.40. The molecule has 0 saturated carbocycles. The van der Waals surface area contributed by atoms with E-state index in [1.807, 2.05) is 6.92 Å². The molecule has 0 aromatic carbocycles. The standard InChI is InChI=1S/C25H32N2O2/c1-5-6-10-24(25(28)29-4)20(3)26-15-16-27-22(13-14-23(27)18-26)12-11-21-9-7-8-19(2)17-21/h5-6,9-10,17,22-23H,1,7-8,13-16,18H2,2-4H3/b10-6-,24-20-. The van der Waals surface area contributed by atoms with Crippen LogP contribution in [-0.4, -0.2) is 54.6 Å². The second-order valence-corrected chi connectivity index (χ2v) is 7.97. The molecule has 29 heavy (non-hydrogen) atoms. The molecule has 1 aliphatic carbocycles. The number of allylic oxidation sites excluding steroid dienone is 7. The summed E-state index contributed by atoms with van der Waals surface area (Å²) in [5, 5.41) is 0. The van der Waals surface area contributed by atoms with E-state index in [9.17, 15) is 4.79 Å². The maximum atomic E-state index is 12.2. The van der Waals surface area contributed by atoms with Crippen LogP contribution in [0.1, 0.15) is 39.5 Å². The Hall–Kier alpha value is -2.51. The average Bonchev–Trinajstić information content (AvgIpc) is 3.14. The molecule has 154 valence electrons. The first-order chi connectivity index (χ1) is 14.0. The molecule has 0 radical (unpaired) electrons. The van der Waals surface area contributed by atoms with Crippen molar-refractivity contribution in [2.75, 3.05) is 26.7 Å². The maximum absolute atomic E-state index is 12.2. The van der Waals surface area contributed by atoms with E-state index >= 15 is 0 Å². The van der Waals surface area contributed by atoms with Crippen LogP contribution in [0.4, 0.5) is 0 Å². The lowest BCUT2D eigenvalue weighted by Gasteiger charge is -2.40. The zero-order chi connectivity index (χ0) is 20.8. The van der Waals surface area contributed by atoms with Crippen LogP contribution in [0.3, 0.4) is 0 Å². The van der Waals surface area contributed by atoms with Crippen molar-refractivity contribution in [3.63, 3.8) is 0 Å². The van der Waals surface area contributed by atoms with E-state index in [-0.39, 0.29) is 5.97 Å². The van der Waals surface area contributed by atoms with Crippen LogP contribution in [-0.2, 0) is 9.53 Å². The molecule has 4 nitrogen and oxygen atoms in total. The fraction of sp³-hybridized carbons (Fsp3) is 0.480. The summed E-state index contributed by atoms with van der Waals surface area (Å²) in [6.45, 7) is 10.7. The zero-order valence-corrected chi connectivity index (χ0v) is 17.9. The van der Waals surface area contributed by atoms with Gasteiger partial charge in [-0.2, -0.15) is 0 Å². The van der Waals surface area contributed by atoms with Crippen LogP contribution < -0.4 is 0 Å². The minimum Gasteiger partial charge on any atom is -0.465 e. The van der Waals surface area contributed by atoms with Gasteiger partial charge in [-0.3, -0.25) is 4.90 Å². The Kier molecular flexibility index (Phi) is 7.17. The third-order valence-corrected chi connectivity index (χ3v) is 6.06. The summed E-state index contributed by atoms with van der Waals surface area (Å²) in [7, 11) is 1.42. The quantitative estimate of drug-likeness (QED) is 0.313. The van der Waals surface area contributed by atoms with Crippen LogP contribution in [0, 0.1) is 11.8 Å². The Morgan fingerprint density at radius 3 is 2.90 bits per heavy atom. The number of methoxy groups -OCH3 is 1. The SMILES string of the molecule is C=C/C=C\C(C(=O)OC)=C(/C)N1CCN2C(C#CC3=CCCC(C)=C3)CCC2C1. The third kappa shape index (κ3) is 5.10. The van der Waals surface area contributed by atoms with Gasteiger partial charge >= 0.3 is 5.97 Å². The van der Waals surface area contributed by atoms with Gasteiger partial charge in [-0.25, -0.2) is 4.79 Å². The van der Waals surface area contributed by atoms with E-state index in [4.69, 9.17) is 4.74 Å². The first-order valence-electron chi connectivity index (χ1n) is 10.5. The normalized spacial score (nSPS) is 25.4. The van der Waals surface area contributed by atoms with Crippen molar-refractivity contribution in [1.82, 2.24) is 9.80 Å². The predicted molar refractivity (Wildman–Crippen MR) is 118 cm³/mol. The summed E-state index contributed by atoms with van der Waals surface area (Å²) in [5.74, 6) is 6.64. The number of carbonyl (C=O) groups is 1. The van der Waals surface area contributed by atoms with Crippen molar-refractivity contribution in [2.45, 2.75) is 51.6 Å². The van der Waals surface area contributed by atoms with E-state index in [2.05, 4.69) is 47.3 Å². The van der Waals surface area contributed by atoms with E-state index in [0.29, 0.717) is 17.7 Å². The van der Waals surface area contributed by atoms with E-state index in [1.165, 1.54) is 18.3 Å². The minimum atomic E-state index is -0.303. The lowest BCUT2D eigenvalue weighted by atomic mass is 10.0. The van der Waals surface area contributed by atoms with Crippen molar-refractivity contribution in [1.29, 1.82) is 0 Å². The molecular formula is C25H32N2O2. The van der Waals surface area contributed by atoms with Gasteiger partial charge in [0.05, 0.1) is 18.7 Å². The average molecular weight is 393 g/mol. The van der Waals surface area contributed by atoms with Crippen LogP contribution in [0.2, 0.25) is 0 Å². The number of esters is 1. The number of nitrogens with zero attached hydrogens (tertiary/aromatic N) is 2. The van der Waals surface area contributed by atoms with E-state index in [1.54, 1.807) is 18.2 Å². The number of hydrogen-bond acceptors (Lipinski definition) is 4. The van der Waals surface area contributed by atoms with Crippen molar-refractivity contribution < 1.29 is 9.53 Å². The maximum Gasteiger partial charge on any atom is 0.339 e. The Morgan fingerprint density at radius 1 is 1.34 bits per heavy atom. The molecule has 2 atom stereocenters. The zero-order valence-electron chi connectivity index (χ0n) is 17.9. The molecule has 2 fully saturated rings. The summed E-state index contributed by atoms with van der Waals surface area (Å²) in [4.78, 5) is 17.1. The van der Waals surface area contributed by atoms with Crippen molar-refractivity contribution in [2.24, 2.45) is 0 Å². The highest BCUT2D eigenvalue weighted by Gasteiger charge is 2.37. The molecule has 2 aliphatic heterocycles. The Labute approximate surface area is 175 Å². The minimum absolute atomic E-state index is 0.303. The van der Waals surface area contributed by atoms with Gasteiger partial charge in [0.25, 0.3) is 0 Å². The lowest BCUT2D eigenvalue weighted by Crippen LogP contribution is -2.51. The van der Waals surface area contributed by atoms with Crippen molar-refractivity contribution in [3.8, 4) is 11.8 Å². The molecule has 2 heterocycles. The first-order valence-corrected chi connectivity index (χ1v) is 10.5. The Balaban J connectivity index is 1.69. The molecule has 3 rings (SSSR count). The summed E-state index contributed by atoms with van der Waals surface area (Å²) in [6, 6.07) is 0.821. The molecule has 2 unspecified atom stereocenters. The molecule has 2 saturated heterocycles. The van der Waals surface area contributed by atoms with Gasteiger partial charge in [0.15, 0.2) is 0 Å². The molecule has 0 aromatic rings. The number of ether oxygens (including phenoxy) is 1. The van der Waals surface area contributed by atoms with Gasteiger partial charge in [-0.1, -0.05) is 42.2 Å². The van der Waals surface area contributed by atoms with Gasteiger partial charge in [0.1, 0.15) is 0 Å². The Bertz CT molecular complexity index is 835. The number of piperazine rings is 1. The van der Waals surface area contributed by atoms with Crippen LogP contribution >= 0.6 is 0 Å². The van der Waals surface area contributed by atoms with Gasteiger partial charge < -0.3 is 9.64 Å². The molecule has 0 N–H and O–H groups in total. The molecular weight excluding hydrogens is 360 g/mol. The lowest BCUT2D eigenvalue weighted by molar-refractivity contribution is -0.135. The Morgan fingerprint density at radius 2 is 2.17 bits per heavy atom. The summed E-state index contributed by atoms with van der Waals surface area (Å²) < 4.78 is 4.97. The second-order valence-electron chi connectivity index (χ2n) is 7.97. The predicted octanol–water partition coefficient (Wildman–Crippen LogP) is 3.99. The third-order valence-electron chi connectivity index (χ3n) is 6.06. The highest BCUT2D eigenvalue weighted by molar-refractivity contribution is 5.92. The van der Waals surface area contributed by atoms with Crippen LogP contribution in [0.5, 0.6) is 0 Å². The molecule has 0 aromatic heterocycles. The van der Waals surface area contributed by atoms with Crippen LogP contribution in [0.15, 0.2) is 59.4 Å². The molecule has 0 amide bonds. The van der Waals surface area contributed by atoms with Crippen LogP contribution in [0.25, 0.3) is 0 Å². The topological polar surface area (TPSA) is 32.8 Å². The number of fused-ring (bicyclic) bond motifs is 1. The summed E-state index contributed by atoms with van der Waals surface area (Å²) >= 11 is 0. The van der Waals surface area contributed by atoms with Crippen molar-refractivity contribution >= 4 is 5.97 Å². The second kappa shape index (κ2) is 9.80. The van der Waals surface area contributed by atoms with E-state index < -0.39 is 0 Å². The van der Waals surface area contributed by atoms with Gasteiger partial charge in [-0.15, -0.1) is 0 Å². The van der Waals surface area contributed by atoms with E-state index in [0.717, 1.165) is 51.0 Å². The highest BCUT2D eigenvalue weighted by atomic mass is 16.5. The van der Waals surface area contributed by atoms with Gasteiger partial charge in [0.2, 0.25) is 0 Å². The van der Waals surface area contributed by atoms with Gasteiger partial charge in [0, 0.05) is 36.9 Å². The molecule has 4 heteroatoms. The fourth-order valence-corrected chi connectivity index (χ4v) is 4.40. The summed E-state index contributed by atoms with van der Waals surface area (Å²) in [6.07, 6.45) is 14.2. The number of rotatable bonds is 4. The monoisotopic (exact) mass is 392 g/mol. The number of carbonyl (C=O) groups excluding carboxylic acids is 1. The number of hydrogen-bond donors (Lipinski definition) is 0. The van der Waals surface area contributed by atoms with Gasteiger partial charge in [-0.05, 0) is 51.7 Å². The summed E-state index contributed by atoms with van der Waals surface area (Å²) in [5.41, 5.74) is 4.16. The first kappa shape index (κ1) is 21.2. The smallest absolute Gasteiger partial charge is 0.339 e.